The van der Waals surface area contributed by atoms with E-state index in [-0.39, 0.29) is 6.61 Å². The van der Waals surface area contributed by atoms with Gasteiger partial charge in [-0.3, -0.25) is 4.90 Å². The second-order valence-corrected chi connectivity index (χ2v) is 6.84. The number of aromatic nitrogens is 2. The second kappa shape index (κ2) is 8.56. The molecule has 2 aromatic rings. The Morgan fingerprint density at radius 2 is 1.88 bits per heavy atom. The fraction of sp³-hybridized carbons (Fsp3) is 0.474. The summed E-state index contributed by atoms with van der Waals surface area (Å²) in [4.78, 5) is 11.5. The third-order valence-electron chi connectivity index (χ3n) is 4.64. The maximum Gasteiger partial charge on any atom is 0.159 e. The molecule has 0 amide bonds. The van der Waals surface area contributed by atoms with E-state index in [0.29, 0.717) is 6.04 Å². The Hall–Kier alpha value is -1.49. The van der Waals surface area contributed by atoms with Crippen molar-refractivity contribution in [3.05, 3.63) is 47.2 Å². The van der Waals surface area contributed by atoms with Crippen LogP contribution < -0.4 is 0 Å². The second-order valence-electron chi connectivity index (χ2n) is 6.41. The zero-order valence-electron chi connectivity index (χ0n) is 13.9. The molecule has 0 radical (unpaired) electrons. The number of rotatable bonds is 6. The molecule has 0 aliphatic carbocycles. The Labute approximate surface area is 148 Å². The fourth-order valence-electron chi connectivity index (χ4n) is 3.34. The first-order chi connectivity index (χ1) is 11.8. The van der Waals surface area contributed by atoms with Crippen LogP contribution in [0.4, 0.5) is 0 Å². The number of nitrogens with zero attached hydrogens (tertiary/aromatic N) is 3. The molecule has 2 heterocycles. The van der Waals surface area contributed by atoms with Crippen molar-refractivity contribution in [3.63, 3.8) is 0 Å². The predicted molar refractivity (Wildman–Crippen MR) is 96.8 cm³/mol. The first-order valence-electron chi connectivity index (χ1n) is 8.68. The van der Waals surface area contributed by atoms with Gasteiger partial charge in [-0.05, 0) is 56.5 Å². The average molecular weight is 346 g/mol. The van der Waals surface area contributed by atoms with E-state index >= 15 is 0 Å². The lowest BCUT2D eigenvalue weighted by atomic mass is 9.97. The lowest BCUT2D eigenvalue weighted by Crippen LogP contribution is -2.39. The van der Waals surface area contributed by atoms with E-state index in [1.54, 1.807) is 0 Å². The highest BCUT2D eigenvalue weighted by Gasteiger charge is 2.22. The van der Waals surface area contributed by atoms with Crippen molar-refractivity contribution in [1.29, 1.82) is 0 Å². The van der Waals surface area contributed by atoms with E-state index < -0.39 is 0 Å². The van der Waals surface area contributed by atoms with Gasteiger partial charge in [-0.15, -0.1) is 0 Å². The molecule has 0 bridgehead atoms. The Morgan fingerprint density at radius 3 is 2.58 bits per heavy atom. The molecule has 1 aromatic heterocycles. The first-order valence-corrected chi connectivity index (χ1v) is 9.06. The van der Waals surface area contributed by atoms with Crippen molar-refractivity contribution in [2.24, 2.45) is 0 Å². The SMILES string of the molecule is OCCC[C@@H]1CCCCN1Cc1cnc(-c2ccc(Cl)cc2)nc1. The summed E-state index contributed by atoms with van der Waals surface area (Å²) in [5.41, 5.74) is 2.12. The lowest BCUT2D eigenvalue weighted by Gasteiger charge is -2.35. The van der Waals surface area contributed by atoms with Crippen molar-refractivity contribution < 1.29 is 5.11 Å². The van der Waals surface area contributed by atoms with Gasteiger partial charge in [-0.25, -0.2) is 9.97 Å². The van der Waals surface area contributed by atoms with Gasteiger partial charge in [-0.1, -0.05) is 18.0 Å². The van der Waals surface area contributed by atoms with Gasteiger partial charge in [0.1, 0.15) is 0 Å². The van der Waals surface area contributed by atoms with Gasteiger partial charge < -0.3 is 5.11 Å². The van der Waals surface area contributed by atoms with Crippen molar-refractivity contribution >= 4 is 11.6 Å². The summed E-state index contributed by atoms with van der Waals surface area (Å²) < 4.78 is 0. The largest absolute Gasteiger partial charge is 0.396 e. The molecule has 1 N–H and O–H groups in total. The summed E-state index contributed by atoms with van der Waals surface area (Å²) in [5.74, 6) is 0.728. The van der Waals surface area contributed by atoms with Crippen molar-refractivity contribution in [3.8, 4) is 11.4 Å². The Kier molecular flexibility index (Phi) is 6.18. The molecule has 0 saturated carbocycles. The van der Waals surface area contributed by atoms with Gasteiger partial charge >= 0.3 is 0 Å². The van der Waals surface area contributed by atoms with Gasteiger partial charge in [0, 0.05) is 47.7 Å². The van der Waals surface area contributed by atoms with Crippen LogP contribution in [0.5, 0.6) is 0 Å². The normalized spacial score (nSPS) is 18.7. The van der Waals surface area contributed by atoms with Gasteiger partial charge in [0.2, 0.25) is 0 Å². The minimum atomic E-state index is 0.281. The zero-order chi connectivity index (χ0) is 16.8. The van der Waals surface area contributed by atoms with Crippen LogP contribution in [-0.2, 0) is 6.54 Å². The maximum absolute atomic E-state index is 9.08. The average Bonchev–Trinajstić information content (AvgIpc) is 2.62. The molecule has 4 nitrogen and oxygen atoms in total. The molecule has 128 valence electrons. The molecule has 1 aliphatic rings. The molecule has 1 aromatic carbocycles. The minimum absolute atomic E-state index is 0.281. The lowest BCUT2D eigenvalue weighted by molar-refractivity contribution is 0.123. The number of benzene rings is 1. The van der Waals surface area contributed by atoms with Crippen LogP contribution in [0.3, 0.4) is 0 Å². The highest BCUT2D eigenvalue weighted by atomic mass is 35.5. The van der Waals surface area contributed by atoms with Gasteiger partial charge in [-0.2, -0.15) is 0 Å². The Bertz CT molecular complexity index is 630. The molecule has 3 rings (SSSR count). The van der Waals surface area contributed by atoms with Crippen LogP contribution >= 0.6 is 11.6 Å². The van der Waals surface area contributed by atoms with E-state index in [1.165, 1.54) is 19.3 Å². The molecule has 5 heteroatoms. The smallest absolute Gasteiger partial charge is 0.159 e. The van der Waals surface area contributed by atoms with Crippen LogP contribution in [0.25, 0.3) is 11.4 Å². The van der Waals surface area contributed by atoms with E-state index in [4.69, 9.17) is 16.7 Å². The van der Waals surface area contributed by atoms with Gasteiger partial charge in [0.05, 0.1) is 0 Å². The standard InChI is InChI=1S/C19H24ClN3O/c20-17-8-6-16(7-9-17)19-21-12-15(13-22-19)14-23-10-2-1-4-18(23)5-3-11-24/h6-9,12-13,18,24H,1-5,10-11,14H2/t18-/m0/s1. The van der Waals surface area contributed by atoms with Crippen LogP contribution in [-0.4, -0.2) is 39.2 Å². The van der Waals surface area contributed by atoms with E-state index in [1.807, 2.05) is 36.7 Å². The van der Waals surface area contributed by atoms with E-state index in [9.17, 15) is 0 Å². The molecule has 0 spiro atoms. The number of hydrogen-bond acceptors (Lipinski definition) is 4. The first kappa shape index (κ1) is 17.3. The van der Waals surface area contributed by atoms with Gasteiger partial charge in [0.15, 0.2) is 5.82 Å². The molecule has 1 fully saturated rings. The number of aliphatic hydroxyl groups excluding tert-OH is 1. The zero-order valence-corrected chi connectivity index (χ0v) is 14.6. The summed E-state index contributed by atoms with van der Waals surface area (Å²) in [5, 5.41) is 9.80. The minimum Gasteiger partial charge on any atom is -0.396 e. The van der Waals surface area contributed by atoms with Crippen molar-refractivity contribution in [1.82, 2.24) is 14.9 Å². The van der Waals surface area contributed by atoms with Crippen molar-refractivity contribution in [2.45, 2.75) is 44.7 Å². The molecular formula is C19H24ClN3O. The molecule has 1 aliphatic heterocycles. The fourth-order valence-corrected chi connectivity index (χ4v) is 3.47. The topological polar surface area (TPSA) is 49.2 Å². The number of hydrogen-bond donors (Lipinski definition) is 1. The van der Waals surface area contributed by atoms with Crippen LogP contribution in [0.1, 0.15) is 37.7 Å². The number of aliphatic hydroxyl groups is 1. The van der Waals surface area contributed by atoms with E-state index in [0.717, 1.165) is 47.9 Å². The summed E-state index contributed by atoms with van der Waals surface area (Å²) in [6.45, 7) is 2.29. The van der Waals surface area contributed by atoms with Crippen LogP contribution in [0.15, 0.2) is 36.7 Å². The van der Waals surface area contributed by atoms with Gasteiger partial charge in [0.25, 0.3) is 0 Å². The maximum atomic E-state index is 9.08. The predicted octanol–water partition coefficient (Wildman–Crippen LogP) is 3.92. The summed E-state index contributed by atoms with van der Waals surface area (Å²) in [6, 6.07) is 8.16. The molecular weight excluding hydrogens is 322 g/mol. The Balaban J connectivity index is 1.65. The third-order valence-corrected chi connectivity index (χ3v) is 4.89. The van der Waals surface area contributed by atoms with Crippen LogP contribution in [0, 0.1) is 0 Å². The molecule has 24 heavy (non-hydrogen) atoms. The molecule has 0 unspecified atom stereocenters. The summed E-state index contributed by atoms with van der Waals surface area (Å²) >= 11 is 5.92. The number of likely N-dealkylation sites (tertiary alicyclic amines) is 1. The summed E-state index contributed by atoms with van der Waals surface area (Å²) in [6.07, 6.45) is 9.57. The summed E-state index contributed by atoms with van der Waals surface area (Å²) in [7, 11) is 0. The van der Waals surface area contributed by atoms with Crippen LogP contribution in [0.2, 0.25) is 5.02 Å². The highest BCUT2D eigenvalue weighted by molar-refractivity contribution is 6.30. The molecule has 1 atom stereocenters. The Morgan fingerprint density at radius 1 is 1.12 bits per heavy atom. The van der Waals surface area contributed by atoms with E-state index in [2.05, 4.69) is 14.9 Å². The number of piperidine rings is 1. The quantitative estimate of drug-likeness (QED) is 0.862. The monoisotopic (exact) mass is 345 g/mol. The third kappa shape index (κ3) is 4.53. The van der Waals surface area contributed by atoms with Crippen molar-refractivity contribution in [2.75, 3.05) is 13.2 Å². The number of halogens is 1. The highest BCUT2D eigenvalue weighted by Crippen LogP contribution is 2.23. The molecule has 1 saturated heterocycles.